The summed E-state index contributed by atoms with van der Waals surface area (Å²) in [5, 5.41) is 10.6. The van der Waals surface area contributed by atoms with E-state index in [-0.39, 0.29) is 25.7 Å². The normalized spacial score (nSPS) is 14.3. The van der Waals surface area contributed by atoms with E-state index in [2.05, 4.69) is 101 Å². The molecule has 3 N–H and O–H groups in total. The second-order valence-corrected chi connectivity index (χ2v) is 29.9. The van der Waals surface area contributed by atoms with Crippen molar-refractivity contribution in [2.24, 2.45) is 0 Å². The maximum Gasteiger partial charge on any atom is 0.472 e. The summed E-state index contributed by atoms with van der Waals surface area (Å²) in [4.78, 5) is 72.9. The third kappa shape index (κ3) is 72.8. The lowest BCUT2D eigenvalue weighted by molar-refractivity contribution is -0.161. The van der Waals surface area contributed by atoms with Crippen LogP contribution in [-0.2, 0) is 65.4 Å². The molecule has 0 amide bonds. The molecule has 0 saturated carbocycles. The third-order valence-electron chi connectivity index (χ3n) is 17.2. The summed E-state index contributed by atoms with van der Waals surface area (Å²) in [6.07, 6.45) is 74.5. The minimum absolute atomic E-state index is 0.0967. The van der Waals surface area contributed by atoms with Crippen LogP contribution in [0.5, 0.6) is 0 Å². The highest BCUT2D eigenvalue weighted by atomic mass is 31.2. The lowest BCUT2D eigenvalue weighted by atomic mass is 10.0. The van der Waals surface area contributed by atoms with E-state index in [0.717, 1.165) is 161 Å². The maximum atomic E-state index is 13.1. The summed E-state index contributed by atoms with van der Waals surface area (Å²) in [5.41, 5.74) is 0. The van der Waals surface area contributed by atoms with Gasteiger partial charge in [-0.05, 0) is 96.3 Å². The Kier molecular flexibility index (Phi) is 71.2. The Balaban J connectivity index is 5.30. The Bertz CT molecular complexity index is 2180. The van der Waals surface area contributed by atoms with Gasteiger partial charge in [-0.15, -0.1) is 0 Å². The van der Waals surface area contributed by atoms with Gasteiger partial charge in [-0.3, -0.25) is 37.3 Å². The molecule has 0 spiro atoms. The van der Waals surface area contributed by atoms with Crippen LogP contribution in [-0.4, -0.2) is 96.7 Å². The van der Waals surface area contributed by atoms with Gasteiger partial charge in [-0.1, -0.05) is 312 Å². The van der Waals surface area contributed by atoms with E-state index in [1.807, 2.05) is 0 Å². The summed E-state index contributed by atoms with van der Waals surface area (Å²) >= 11 is 0. The molecule has 0 aromatic carbocycles. The first-order valence-electron chi connectivity index (χ1n) is 40.2. The number of allylic oxidation sites excluding steroid dienone is 12. The van der Waals surface area contributed by atoms with Crippen molar-refractivity contribution >= 4 is 39.5 Å². The van der Waals surface area contributed by atoms with Crippen molar-refractivity contribution in [3.8, 4) is 0 Å². The Labute approximate surface area is 609 Å². The van der Waals surface area contributed by atoms with E-state index in [9.17, 15) is 43.2 Å². The van der Waals surface area contributed by atoms with Gasteiger partial charge < -0.3 is 33.8 Å². The van der Waals surface area contributed by atoms with Crippen molar-refractivity contribution < 1.29 is 80.2 Å². The Morgan fingerprint density at radius 1 is 0.290 bits per heavy atom. The van der Waals surface area contributed by atoms with Gasteiger partial charge in [0.05, 0.1) is 26.4 Å². The number of phosphoric acid groups is 2. The van der Waals surface area contributed by atoms with Crippen LogP contribution in [0.4, 0.5) is 0 Å². The van der Waals surface area contributed by atoms with Gasteiger partial charge in [-0.2, -0.15) is 0 Å². The van der Waals surface area contributed by atoms with Gasteiger partial charge in [0.2, 0.25) is 0 Å². The molecular weight excluding hydrogens is 1310 g/mol. The second-order valence-electron chi connectivity index (χ2n) is 27.0. The van der Waals surface area contributed by atoms with Crippen LogP contribution in [0.2, 0.25) is 0 Å². The van der Waals surface area contributed by atoms with Gasteiger partial charge in [0.25, 0.3) is 0 Å². The van der Waals surface area contributed by atoms with Crippen molar-refractivity contribution in [1.82, 2.24) is 0 Å². The fourth-order valence-corrected chi connectivity index (χ4v) is 12.6. The van der Waals surface area contributed by atoms with Crippen molar-refractivity contribution in [3.05, 3.63) is 72.9 Å². The summed E-state index contributed by atoms with van der Waals surface area (Å²) in [5.74, 6) is -2.17. The zero-order valence-electron chi connectivity index (χ0n) is 63.6. The highest BCUT2D eigenvalue weighted by molar-refractivity contribution is 7.47. The lowest BCUT2D eigenvalue weighted by Crippen LogP contribution is -2.30. The molecule has 0 aliphatic rings. The zero-order chi connectivity index (χ0) is 73.2. The molecule has 0 radical (unpaired) electrons. The molecule has 0 aliphatic heterocycles. The molecule has 5 atom stereocenters. The average Bonchev–Trinajstić information content (AvgIpc) is 0.966. The first kappa shape index (κ1) is 96.5. The molecule has 5 unspecified atom stereocenters. The van der Waals surface area contributed by atoms with E-state index in [1.54, 1.807) is 0 Å². The van der Waals surface area contributed by atoms with Crippen LogP contribution in [0.15, 0.2) is 72.9 Å². The van der Waals surface area contributed by atoms with Crippen LogP contribution >= 0.6 is 15.6 Å². The molecule has 582 valence electrons. The van der Waals surface area contributed by atoms with Crippen molar-refractivity contribution in [3.63, 3.8) is 0 Å². The summed E-state index contributed by atoms with van der Waals surface area (Å²) < 4.78 is 68.6. The molecular formula is C81H146O17P2. The quantitative estimate of drug-likeness (QED) is 0.0169. The monoisotopic (exact) mass is 1450 g/mol. The van der Waals surface area contributed by atoms with Gasteiger partial charge in [-0.25, -0.2) is 9.13 Å². The number of ether oxygens (including phenoxy) is 4. The lowest BCUT2D eigenvalue weighted by Gasteiger charge is -2.21. The fraction of sp³-hybridized carbons (Fsp3) is 0.802. The molecule has 0 bridgehead atoms. The molecule has 0 aliphatic carbocycles. The number of carbonyl (C=O) groups excluding carboxylic acids is 4. The number of phosphoric ester groups is 2. The average molecular weight is 1450 g/mol. The molecule has 19 heteroatoms. The highest BCUT2D eigenvalue weighted by Crippen LogP contribution is 2.45. The van der Waals surface area contributed by atoms with Crippen molar-refractivity contribution in [1.29, 1.82) is 0 Å². The van der Waals surface area contributed by atoms with Crippen LogP contribution in [0, 0.1) is 0 Å². The molecule has 0 heterocycles. The largest absolute Gasteiger partial charge is 0.472 e. The number of hydrogen-bond acceptors (Lipinski definition) is 15. The molecule has 100 heavy (non-hydrogen) atoms. The van der Waals surface area contributed by atoms with Gasteiger partial charge in [0, 0.05) is 25.7 Å². The third-order valence-corrected chi connectivity index (χ3v) is 19.1. The topological polar surface area (TPSA) is 237 Å². The number of aliphatic hydroxyl groups is 1. The smallest absolute Gasteiger partial charge is 0.462 e. The molecule has 0 aromatic heterocycles. The first-order chi connectivity index (χ1) is 48.7. The predicted molar refractivity (Wildman–Crippen MR) is 409 cm³/mol. The van der Waals surface area contributed by atoms with E-state index in [4.69, 9.17) is 37.0 Å². The zero-order valence-corrected chi connectivity index (χ0v) is 65.4. The summed E-state index contributed by atoms with van der Waals surface area (Å²) in [7, 11) is -9.94. The molecule has 17 nitrogen and oxygen atoms in total. The van der Waals surface area contributed by atoms with Gasteiger partial charge in [0.1, 0.15) is 19.3 Å². The van der Waals surface area contributed by atoms with Crippen molar-refractivity contribution in [2.75, 3.05) is 39.6 Å². The minimum Gasteiger partial charge on any atom is -0.462 e. The standard InChI is InChI=1S/C81H146O17P2/c1-5-9-13-17-21-25-29-32-35-36-37-38-41-43-47-50-54-58-62-66-79(84)91-71-76(97-80(85)67-63-59-55-51-45-28-24-20-16-12-8-4)73-95-99(87,88)93-69-75(82)70-94-100(89,90)96-74-77(98-81(86)68-64-60-56-52-48-44-40-34-31-27-23-19-15-11-7-3)72-92-78(83)65-61-57-53-49-46-42-39-33-30-26-22-18-14-10-6-2/h10,14,21-22,25-26,32-33,35,37-39,75-77,82H,5-9,11-13,15-20,23-24,27-31,34,36,40-74H2,1-4H3,(H,87,88)(H,89,90)/b14-10-,25-21-,26-22-,35-32-,38-37-,39-33-. The van der Waals surface area contributed by atoms with E-state index >= 15 is 0 Å². The Morgan fingerprint density at radius 2 is 0.520 bits per heavy atom. The van der Waals surface area contributed by atoms with Gasteiger partial charge >= 0.3 is 39.5 Å². The van der Waals surface area contributed by atoms with Crippen LogP contribution in [0.1, 0.15) is 362 Å². The Morgan fingerprint density at radius 3 is 0.820 bits per heavy atom. The summed E-state index contributed by atoms with van der Waals surface area (Å²) in [6, 6.07) is 0. The second kappa shape index (κ2) is 73.8. The number of aliphatic hydroxyl groups excluding tert-OH is 1. The summed E-state index contributed by atoms with van der Waals surface area (Å²) in [6.45, 7) is 4.76. The van der Waals surface area contributed by atoms with Crippen LogP contribution in [0.3, 0.4) is 0 Å². The predicted octanol–water partition coefficient (Wildman–Crippen LogP) is 23.2. The van der Waals surface area contributed by atoms with Gasteiger partial charge in [0.15, 0.2) is 12.2 Å². The maximum absolute atomic E-state index is 13.1. The van der Waals surface area contributed by atoms with Crippen molar-refractivity contribution in [2.45, 2.75) is 380 Å². The SMILES string of the molecule is CC/C=C\C/C=C\C/C=C\CCCCCCCC(=O)OCC(COP(=O)(O)OCC(O)COP(=O)(O)OCC(COC(=O)CCCCCCCC/C=C\C/C=C\C/C=C\CCCCC)OC(=O)CCCCCCCCCCCCC)OC(=O)CCCCCCCCCCCCCCCCC. The minimum atomic E-state index is -4.97. The van der Waals surface area contributed by atoms with Crippen LogP contribution in [0.25, 0.3) is 0 Å². The van der Waals surface area contributed by atoms with E-state index in [0.29, 0.717) is 25.7 Å². The van der Waals surface area contributed by atoms with E-state index < -0.39 is 97.5 Å². The van der Waals surface area contributed by atoms with Crippen LogP contribution < -0.4 is 0 Å². The number of hydrogen-bond donors (Lipinski definition) is 3. The molecule has 0 rings (SSSR count). The molecule has 0 aromatic rings. The highest BCUT2D eigenvalue weighted by Gasteiger charge is 2.30. The number of unbranched alkanes of at least 4 members (excludes halogenated alkanes) is 38. The molecule has 0 saturated heterocycles. The van der Waals surface area contributed by atoms with E-state index in [1.165, 1.54) is 122 Å². The Hall–Kier alpha value is -3.50. The number of rotatable bonds is 76. The number of esters is 4. The molecule has 0 fully saturated rings. The first-order valence-corrected chi connectivity index (χ1v) is 43.2. The fourth-order valence-electron chi connectivity index (χ4n) is 11.1. The number of carbonyl (C=O) groups is 4.